The molecular weight excluding hydrogens is 261 g/mol. The van der Waals surface area contributed by atoms with Gasteiger partial charge >= 0.3 is 0 Å². The van der Waals surface area contributed by atoms with Gasteiger partial charge in [0.25, 0.3) is 0 Å². The lowest BCUT2D eigenvalue weighted by Crippen LogP contribution is -2.06. The monoisotopic (exact) mass is 269 g/mol. The summed E-state index contributed by atoms with van der Waals surface area (Å²) in [7, 11) is 0. The van der Waals surface area contributed by atoms with Gasteiger partial charge in [-0.25, -0.2) is 9.37 Å². The summed E-state index contributed by atoms with van der Waals surface area (Å²) in [6.07, 6.45) is 2.64. The Bertz CT molecular complexity index is 495. The molecule has 0 aliphatic heterocycles. The van der Waals surface area contributed by atoms with E-state index >= 15 is 0 Å². The summed E-state index contributed by atoms with van der Waals surface area (Å²) < 4.78 is 13.6. The first-order valence-corrected chi connectivity index (χ1v) is 6.25. The molecule has 17 heavy (non-hydrogen) atoms. The normalized spacial score (nSPS) is 12.4. The van der Waals surface area contributed by atoms with E-state index in [1.165, 1.54) is 17.4 Å². The molecule has 1 aromatic carbocycles. The Morgan fingerprint density at radius 1 is 1.53 bits per heavy atom. The zero-order chi connectivity index (χ0) is 12.3. The number of thiazole rings is 1. The van der Waals surface area contributed by atoms with Crippen molar-refractivity contribution in [1.82, 2.24) is 4.98 Å². The SMILES string of the molecule is O=CC(Cc1c(F)cccc1Cl)c1nccs1. The topological polar surface area (TPSA) is 30.0 Å². The molecule has 0 saturated heterocycles. The van der Waals surface area contributed by atoms with Gasteiger partial charge in [0.15, 0.2) is 0 Å². The lowest BCUT2D eigenvalue weighted by molar-refractivity contribution is -0.109. The first kappa shape index (κ1) is 12.2. The molecule has 0 aliphatic carbocycles. The van der Waals surface area contributed by atoms with E-state index in [4.69, 9.17) is 11.6 Å². The first-order chi connectivity index (χ1) is 8.22. The number of benzene rings is 1. The molecule has 0 N–H and O–H groups in total. The molecule has 0 aliphatic rings. The van der Waals surface area contributed by atoms with Crippen molar-refractivity contribution in [3.05, 3.63) is 51.2 Å². The van der Waals surface area contributed by atoms with Gasteiger partial charge in [-0.3, -0.25) is 0 Å². The molecule has 2 aromatic rings. The number of nitrogens with zero attached hydrogens (tertiary/aromatic N) is 1. The maximum atomic E-state index is 13.6. The molecule has 0 bridgehead atoms. The summed E-state index contributed by atoms with van der Waals surface area (Å²) in [5, 5.41) is 2.81. The van der Waals surface area contributed by atoms with Crippen molar-refractivity contribution in [3.63, 3.8) is 0 Å². The fourth-order valence-electron chi connectivity index (χ4n) is 1.56. The van der Waals surface area contributed by atoms with E-state index in [2.05, 4.69) is 4.98 Å². The van der Waals surface area contributed by atoms with Crippen molar-refractivity contribution in [2.45, 2.75) is 12.3 Å². The van der Waals surface area contributed by atoms with Crippen molar-refractivity contribution >= 4 is 29.2 Å². The van der Waals surface area contributed by atoms with E-state index in [-0.39, 0.29) is 12.2 Å². The highest BCUT2D eigenvalue weighted by Gasteiger charge is 2.18. The first-order valence-electron chi connectivity index (χ1n) is 5.00. The van der Waals surface area contributed by atoms with Gasteiger partial charge in [-0.15, -0.1) is 11.3 Å². The highest BCUT2D eigenvalue weighted by atomic mass is 35.5. The van der Waals surface area contributed by atoms with Gasteiger partial charge in [-0.05, 0) is 18.6 Å². The van der Waals surface area contributed by atoms with Crippen LogP contribution in [0.25, 0.3) is 0 Å². The van der Waals surface area contributed by atoms with E-state index < -0.39 is 5.92 Å². The summed E-state index contributed by atoms with van der Waals surface area (Å²) >= 11 is 7.30. The second-order valence-electron chi connectivity index (χ2n) is 3.52. The minimum Gasteiger partial charge on any atom is -0.303 e. The largest absolute Gasteiger partial charge is 0.303 e. The summed E-state index contributed by atoms with van der Waals surface area (Å²) in [4.78, 5) is 15.1. The number of carbonyl (C=O) groups excluding carboxylic acids is 1. The Labute approximate surface area is 107 Å². The molecule has 88 valence electrons. The van der Waals surface area contributed by atoms with Crippen LogP contribution in [0.2, 0.25) is 5.02 Å². The molecule has 0 radical (unpaired) electrons. The maximum Gasteiger partial charge on any atom is 0.130 e. The van der Waals surface area contributed by atoms with Crippen LogP contribution < -0.4 is 0 Å². The predicted octanol–water partition coefficient (Wildman–Crippen LogP) is 3.46. The Morgan fingerprint density at radius 2 is 2.35 bits per heavy atom. The zero-order valence-corrected chi connectivity index (χ0v) is 10.3. The Hall–Kier alpha value is -1.26. The predicted molar refractivity (Wildman–Crippen MR) is 66.0 cm³/mol. The van der Waals surface area contributed by atoms with Crippen LogP contribution in [-0.4, -0.2) is 11.3 Å². The van der Waals surface area contributed by atoms with Crippen molar-refractivity contribution in [1.29, 1.82) is 0 Å². The Morgan fingerprint density at radius 3 is 2.94 bits per heavy atom. The number of halogens is 2. The summed E-state index contributed by atoms with van der Waals surface area (Å²) in [6.45, 7) is 0. The van der Waals surface area contributed by atoms with E-state index in [1.54, 1.807) is 23.7 Å². The maximum absolute atomic E-state index is 13.6. The van der Waals surface area contributed by atoms with Crippen LogP contribution in [-0.2, 0) is 11.2 Å². The molecule has 2 rings (SSSR count). The minimum absolute atomic E-state index is 0.239. The van der Waals surface area contributed by atoms with Crippen LogP contribution in [0, 0.1) is 5.82 Å². The highest BCUT2D eigenvalue weighted by molar-refractivity contribution is 7.09. The molecule has 5 heteroatoms. The lowest BCUT2D eigenvalue weighted by atomic mass is 10.0. The minimum atomic E-state index is -0.440. The smallest absolute Gasteiger partial charge is 0.130 e. The standard InChI is InChI=1S/C12H9ClFNOS/c13-10-2-1-3-11(14)9(10)6-8(7-16)12-15-4-5-17-12/h1-5,7-8H,6H2. The molecule has 1 heterocycles. The molecule has 1 unspecified atom stereocenters. The fraction of sp³-hybridized carbons (Fsp3) is 0.167. The third kappa shape index (κ3) is 2.70. The van der Waals surface area contributed by atoms with Gasteiger partial charge in [0, 0.05) is 22.2 Å². The molecule has 2 nitrogen and oxygen atoms in total. The van der Waals surface area contributed by atoms with Gasteiger partial charge in [-0.2, -0.15) is 0 Å². The van der Waals surface area contributed by atoms with Crippen molar-refractivity contribution in [2.75, 3.05) is 0 Å². The van der Waals surface area contributed by atoms with Gasteiger partial charge in [0.2, 0.25) is 0 Å². The third-order valence-corrected chi connectivity index (χ3v) is 3.68. The molecular formula is C12H9ClFNOS. The summed E-state index contributed by atoms with van der Waals surface area (Å²) in [6, 6.07) is 4.50. The fourth-order valence-corrected chi connectivity index (χ4v) is 2.50. The summed E-state index contributed by atoms with van der Waals surface area (Å²) in [5.41, 5.74) is 0.362. The van der Waals surface area contributed by atoms with Crippen LogP contribution in [0.4, 0.5) is 4.39 Å². The van der Waals surface area contributed by atoms with Gasteiger partial charge < -0.3 is 4.79 Å². The van der Waals surface area contributed by atoms with Crippen LogP contribution in [0.5, 0.6) is 0 Å². The Balaban J connectivity index is 2.28. The second kappa shape index (κ2) is 5.38. The van der Waals surface area contributed by atoms with Crippen LogP contribution in [0.3, 0.4) is 0 Å². The number of hydrogen-bond donors (Lipinski definition) is 0. The van der Waals surface area contributed by atoms with Crippen LogP contribution in [0.1, 0.15) is 16.5 Å². The van der Waals surface area contributed by atoms with Crippen molar-refractivity contribution in [2.24, 2.45) is 0 Å². The average molecular weight is 270 g/mol. The van der Waals surface area contributed by atoms with Crippen molar-refractivity contribution < 1.29 is 9.18 Å². The number of aromatic nitrogens is 1. The van der Waals surface area contributed by atoms with Gasteiger partial charge in [-0.1, -0.05) is 17.7 Å². The van der Waals surface area contributed by atoms with Gasteiger partial charge in [0.1, 0.15) is 17.1 Å². The van der Waals surface area contributed by atoms with Gasteiger partial charge in [0.05, 0.1) is 5.92 Å². The molecule has 0 saturated carbocycles. The van der Waals surface area contributed by atoms with Crippen LogP contribution >= 0.6 is 22.9 Å². The van der Waals surface area contributed by atoms with E-state index in [1.807, 2.05) is 0 Å². The van der Waals surface area contributed by atoms with E-state index in [0.29, 0.717) is 15.6 Å². The molecule has 0 fully saturated rings. The van der Waals surface area contributed by atoms with E-state index in [0.717, 1.165) is 6.29 Å². The van der Waals surface area contributed by atoms with Crippen molar-refractivity contribution in [3.8, 4) is 0 Å². The average Bonchev–Trinajstić information content (AvgIpc) is 2.82. The number of hydrogen-bond acceptors (Lipinski definition) is 3. The number of rotatable bonds is 4. The summed E-state index contributed by atoms with van der Waals surface area (Å²) in [5.74, 6) is -0.828. The lowest BCUT2D eigenvalue weighted by Gasteiger charge is -2.09. The number of carbonyl (C=O) groups is 1. The third-order valence-electron chi connectivity index (χ3n) is 2.42. The molecule has 1 atom stereocenters. The quantitative estimate of drug-likeness (QED) is 0.796. The molecule has 0 spiro atoms. The van der Waals surface area contributed by atoms with E-state index in [9.17, 15) is 9.18 Å². The second-order valence-corrected chi connectivity index (χ2v) is 4.85. The molecule has 1 aromatic heterocycles. The molecule has 0 amide bonds. The van der Waals surface area contributed by atoms with Crippen LogP contribution in [0.15, 0.2) is 29.8 Å². The highest BCUT2D eigenvalue weighted by Crippen LogP contribution is 2.26. The Kier molecular flexibility index (Phi) is 3.86. The number of aldehydes is 1. The zero-order valence-electron chi connectivity index (χ0n) is 8.77.